The van der Waals surface area contributed by atoms with Gasteiger partial charge in [0.25, 0.3) is 0 Å². The predicted molar refractivity (Wildman–Crippen MR) is 111 cm³/mol. The third-order valence-electron chi connectivity index (χ3n) is 5.19. The third-order valence-corrected chi connectivity index (χ3v) is 5.19. The quantitative estimate of drug-likeness (QED) is 0.518. The minimum Gasteiger partial charge on any atom is -0.307 e. The lowest BCUT2D eigenvalue weighted by Gasteiger charge is -2.15. The van der Waals surface area contributed by atoms with Crippen LogP contribution in [0, 0.1) is 12.3 Å². The molecule has 0 spiro atoms. The van der Waals surface area contributed by atoms with Gasteiger partial charge >= 0.3 is 0 Å². The Labute approximate surface area is 160 Å². The first kappa shape index (κ1) is 17.3. The van der Waals surface area contributed by atoms with Crippen molar-refractivity contribution >= 4 is 11.0 Å². The molecule has 0 aliphatic rings. The highest BCUT2D eigenvalue weighted by Gasteiger charge is 2.16. The molecule has 1 N–H and O–H groups in total. The number of hydrogen-bond donors (Lipinski definition) is 1. The lowest BCUT2D eigenvalue weighted by molar-refractivity contribution is 0.514. The molecule has 0 radical (unpaired) electrons. The molecule has 1 heterocycles. The molecule has 4 aromatic rings. The molecule has 1 atom stereocenters. The molecule has 4 rings (SSSR count). The zero-order valence-corrected chi connectivity index (χ0v) is 15.9. The minimum atomic E-state index is 0.212. The van der Waals surface area contributed by atoms with Gasteiger partial charge in [-0.1, -0.05) is 72.3 Å². The van der Waals surface area contributed by atoms with Crippen LogP contribution < -0.4 is 5.62 Å². The van der Waals surface area contributed by atoms with E-state index in [1.807, 2.05) is 6.07 Å². The number of benzene rings is 3. The number of aryl methyl sites for hydroxylation is 1. The molecule has 1 aromatic heterocycles. The van der Waals surface area contributed by atoms with E-state index in [0.717, 1.165) is 17.5 Å². The summed E-state index contributed by atoms with van der Waals surface area (Å²) in [5.41, 5.74) is 6.57. The average molecular weight is 355 g/mol. The van der Waals surface area contributed by atoms with Gasteiger partial charge in [0, 0.05) is 6.04 Å². The first-order chi connectivity index (χ1) is 13.1. The van der Waals surface area contributed by atoms with E-state index >= 15 is 0 Å². The highest BCUT2D eigenvalue weighted by molar-refractivity contribution is 5.76. The second-order valence-corrected chi connectivity index (χ2v) is 7.29. The van der Waals surface area contributed by atoms with Crippen molar-refractivity contribution in [2.24, 2.45) is 0 Å². The topological polar surface area (TPSA) is 33.7 Å². The summed E-state index contributed by atoms with van der Waals surface area (Å²) in [5, 5.41) is 8.89. The number of hydrogen-bond acceptors (Lipinski definition) is 1. The molecular weight excluding hydrogens is 330 g/mol. The first-order valence-corrected chi connectivity index (χ1v) is 9.47. The normalized spacial score (nSPS) is 12.4. The molecule has 0 aliphatic heterocycles. The Balaban J connectivity index is 1.76. The molecule has 136 valence electrons. The van der Waals surface area contributed by atoms with Crippen molar-refractivity contribution < 1.29 is 0 Å². The Morgan fingerprint density at radius 1 is 0.778 bits per heavy atom. The zero-order valence-electron chi connectivity index (χ0n) is 15.9. The second kappa shape index (κ2) is 7.28. The molecule has 3 heteroatoms. The maximum absolute atomic E-state index is 8.89. The van der Waals surface area contributed by atoms with Crippen molar-refractivity contribution in [1.82, 2.24) is 9.13 Å². The van der Waals surface area contributed by atoms with Crippen LogP contribution in [0.25, 0.3) is 11.0 Å². The van der Waals surface area contributed by atoms with Crippen molar-refractivity contribution in [3.63, 3.8) is 0 Å². The minimum absolute atomic E-state index is 0.212. The number of fused-ring (bicyclic) bond motifs is 1. The SMILES string of the molecule is Cc1ccc(Cn2c(=N)n([C@@H](C)Cc3ccccc3)c3ccccc32)cc1. The van der Waals surface area contributed by atoms with E-state index in [9.17, 15) is 0 Å². The predicted octanol–water partition coefficient (Wildman–Crippen LogP) is 5.08. The summed E-state index contributed by atoms with van der Waals surface area (Å²) in [7, 11) is 0. The molecule has 0 amide bonds. The fourth-order valence-corrected chi connectivity index (χ4v) is 3.78. The van der Waals surface area contributed by atoms with Gasteiger partial charge in [-0.2, -0.15) is 0 Å². The fraction of sp³-hybridized carbons (Fsp3) is 0.208. The molecule has 3 aromatic carbocycles. The van der Waals surface area contributed by atoms with Crippen LogP contribution in [0.3, 0.4) is 0 Å². The molecule has 0 bridgehead atoms. The Bertz CT molecular complexity index is 1100. The van der Waals surface area contributed by atoms with E-state index in [-0.39, 0.29) is 6.04 Å². The molecule has 0 saturated heterocycles. The number of rotatable bonds is 5. The van der Waals surface area contributed by atoms with E-state index in [1.165, 1.54) is 16.7 Å². The maximum Gasteiger partial charge on any atom is 0.203 e. The van der Waals surface area contributed by atoms with Crippen molar-refractivity contribution in [3.05, 3.63) is 101 Å². The van der Waals surface area contributed by atoms with E-state index in [4.69, 9.17) is 5.41 Å². The van der Waals surface area contributed by atoms with E-state index in [0.29, 0.717) is 12.2 Å². The monoisotopic (exact) mass is 355 g/mol. The molecular formula is C24H25N3. The van der Waals surface area contributed by atoms with Gasteiger partial charge in [-0.15, -0.1) is 0 Å². The van der Waals surface area contributed by atoms with Crippen LogP contribution in [-0.4, -0.2) is 9.13 Å². The molecule has 27 heavy (non-hydrogen) atoms. The third kappa shape index (κ3) is 3.45. The number of imidazole rings is 1. The molecule has 0 fully saturated rings. The van der Waals surface area contributed by atoms with Gasteiger partial charge < -0.3 is 9.13 Å². The van der Waals surface area contributed by atoms with Gasteiger partial charge in [0.1, 0.15) is 0 Å². The van der Waals surface area contributed by atoms with Crippen LogP contribution in [0.15, 0.2) is 78.9 Å². The number of nitrogens with one attached hydrogen (secondary N) is 1. The van der Waals surface area contributed by atoms with Crippen LogP contribution in [0.2, 0.25) is 0 Å². The maximum atomic E-state index is 8.89. The first-order valence-electron chi connectivity index (χ1n) is 9.47. The second-order valence-electron chi connectivity index (χ2n) is 7.29. The summed E-state index contributed by atoms with van der Waals surface area (Å²) in [6.07, 6.45) is 0.913. The summed E-state index contributed by atoms with van der Waals surface area (Å²) < 4.78 is 4.28. The molecule has 0 saturated carbocycles. The zero-order chi connectivity index (χ0) is 18.8. The van der Waals surface area contributed by atoms with E-state index < -0.39 is 0 Å². The number of nitrogens with zero attached hydrogens (tertiary/aromatic N) is 2. The number of aromatic nitrogens is 2. The standard InChI is InChI=1S/C24H25N3/c1-18-12-14-21(15-13-18)17-26-22-10-6-7-11-23(22)27(24(26)25)19(2)16-20-8-4-3-5-9-20/h3-15,19,25H,16-17H2,1-2H3/t19-/m0/s1. The van der Waals surface area contributed by atoms with Gasteiger partial charge in [-0.05, 0) is 43.5 Å². The van der Waals surface area contributed by atoms with Gasteiger partial charge in [-0.25, -0.2) is 0 Å². The van der Waals surface area contributed by atoms with Crippen molar-refractivity contribution in [1.29, 1.82) is 5.41 Å². The Morgan fingerprint density at radius 2 is 1.41 bits per heavy atom. The van der Waals surface area contributed by atoms with Crippen molar-refractivity contribution in [2.75, 3.05) is 0 Å². The summed E-state index contributed by atoms with van der Waals surface area (Å²) in [5.74, 6) is 0. The van der Waals surface area contributed by atoms with Gasteiger partial charge in [-0.3, -0.25) is 5.41 Å². The van der Waals surface area contributed by atoms with Gasteiger partial charge in [0.2, 0.25) is 5.62 Å². The van der Waals surface area contributed by atoms with Crippen molar-refractivity contribution in [3.8, 4) is 0 Å². The lowest BCUT2D eigenvalue weighted by atomic mass is 10.1. The number of para-hydroxylation sites is 2. The lowest BCUT2D eigenvalue weighted by Crippen LogP contribution is -2.28. The van der Waals surface area contributed by atoms with E-state index in [2.05, 4.69) is 95.8 Å². The van der Waals surface area contributed by atoms with Crippen LogP contribution in [0.1, 0.15) is 29.7 Å². The summed E-state index contributed by atoms with van der Waals surface area (Å²) in [6, 6.07) is 27.7. The van der Waals surface area contributed by atoms with Crippen LogP contribution in [-0.2, 0) is 13.0 Å². The highest BCUT2D eigenvalue weighted by atomic mass is 15.2. The van der Waals surface area contributed by atoms with Crippen molar-refractivity contribution in [2.45, 2.75) is 32.9 Å². The van der Waals surface area contributed by atoms with Crippen LogP contribution in [0.5, 0.6) is 0 Å². The molecule has 3 nitrogen and oxygen atoms in total. The Morgan fingerprint density at radius 3 is 2.11 bits per heavy atom. The van der Waals surface area contributed by atoms with E-state index in [1.54, 1.807) is 0 Å². The van der Waals surface area contributed by atoms with Crippen LogP contribution in [0.4, 0.5) is 0 Å². The summed E-state index contributed by atoms with van der Waals surface area (Å²) >= 11 is 0. The summed E-state index contributed by atoms with van der Waals surface area (Å²) in [6.45, 7) is 5.02. The van der Waals surface area contributed by atoms with Crippen LogP contribution >= 0.6 is 0 Å². The largest absolute Gasteiger partial charge is 0.307 e. The fourth-order valence-electron chi connectivity index (χ4n) is 3.78. The van der Waals surface area contributed by atoms with Gasteiger partial charge in [0.05, 0.1) is 17.6 Å². The summed E-state index contributed by atoms with van der Waals surface area (Å²) in [4.78, 5) is 0. The van der Waals surface area contributed by atoms with Gasteiger partial charge in [0.15, 0.2) is 0 Å². The molecule has 0 unspecified atom stereocenters. The Kier molecular flexibility index (Phi) is 4.68. The smallest absolute Gasteiger partial charge is 0.203 e. The Hall–Kier alpha value is -3.07. The molecule has 0 aliphatic carbocycles. The average Bonchev–Trinajstić information content (AvgIpc) is 2.96. The highest BCUT2D eigenvalue weighted by Crippen LogP contribution is 2.21.